The molecule has 3 N–H and O–H groups in total. The molecule has 1 amide bonds. The Balaban J connectivity index is 1.42. The molecule has 0 aliphatic carbocycles. The number of rotatable bonds is 4. The van der Waals surface area contributed by atoms with E-state index in [0.29, 0.717) is 30.0 Å². The number of methoxy groups -OCH3 is 1. The molecule has 0 saturated heterocycles. The summed E-state index contributed by atoms with van der Waals surface area (Å²) in [6.45, 7) is 0.303. The first-order valence-electron chi connectivity index (χ1n) is 7.74. The normalized spacial score (nSPS) is 16.0. The largest absolute Gasteiger partial charge is 0.497 e. The van der Waals surface area contributed by atoms with Crippen LogP contribution in [-0.4, -0.2) is 39.6 Å². The van der Waals surface area contributed by atoms with Crippen LogP contribution in [0.15, 0.2) is 30.9 Å². The Labute approximate surface area is 142 Å². The number of hydrogen-bond donors (Lipinski definition) is 3. The Kier molecular flexibility index (Phi) is 3.81. The molecule has 3 aromatic rings. The van der Waals surface area contributed by atoms with E-state index < -0.39 is 0 Å². The smallest absolute Gasteiger partial charge is 0.245 e. The highest BCUT2D eigenvalue weighted by Crippen LogP contribution is 2.31. The van der Waals surface area contributed by atoms with Crippen molar-refractivity contribution >= 4 is 22.9 Å². The molecule has 1 aliphatic heterocycles. The number of H-pyrrole nitrogens is 1. The molecule has 128 valence electrons. The third kappa shape index (κ3) is 2.91. The van der Waals surface area contributed by atoms with Crippen molar-refractivity contribution in [3.63, 3.8) is 0 Å². The highest BCUT2D eigenvalue weighted by Gasteiger charge is 2.26. The van der Waals surface area contributed by atoms with Gasteiger partial charge in [0.2, 0.25) is 5.91 Å². The summed E-state index contributed by atoms with van der Waals surface area (Å²) in [5.74, 6) is 1.47. The molecule has 0 radical (unpaired) electrons. The number of carbonyl (C=O) groups is 1. The van der Waals surface area contributed by atoms with Crippen LogP contribution in [0.4, 0.5) is 5.82 Å². The molecule has 0 spiro atoms. The molecular formula is C16H16N6O3. The summed E-state index contributed by atoms with van der Waals surface area (Å²) in [6.07, 6.45) is 3.49. The van der Waals surface area contributed by atoms with Crippen LogP contribution < -0.4 is 20.3 Å². The third-order valence-electron chi connectivity index (χ3n) is 4.08. The fourth-order valence-electron chi connectivity index (χ4n) is 2.73. The number of aromatic nitrogens is 4. The fraction of sp³-hybridized carbons (Fsp3) is 0.250. The third-order valence-corrected chi connectivity index (χ3v) is 4.08. The number of nitrogens with one attached hydrogen (secondary N) is 3. The van der Waals surface area contributed by atoms with E-state index in [1.54, 1.807) is 7.11 Å². The van der Waals surface area contributed by atoms with E-state index in [2.05, 4.69) is 30.8 Å². The average Bonchev–Trinajstić information content (AvgIpc) is 3.14. The zero-order valence-electron chi connectivity index (χ0n) is 13.4. The first kappa shape index (κ1) is 15.2. The lowest BCUT2D eigenvalue weighted by Gasteiger charge is -2.25. The van der Waals surface area contributed by atoms with Crippen LogP contribution in [0.5, 0.6) is 11.5 Å². The number of amides is 1. The second kappa shape index (κ2) is 6.27. The number of carbonyl (C=O) groups excluding carboxylic acids is 1. The summed E-state index contributed by atoms with van der Waals surface area (Å²) in [5.41, 5.74) is 7.61. The highest BCUT2D eigenvalue weighted by molar-refractivity contribution is 5.85. The van der Waals surface area contributed by atoms with E-state index >= 15 is 0 Å². The van der Waals surface area contributed by atoms with E-state index in [9.17, 15) is 4.79 Å². The molecule has 2 aromatic heterocycles. The molecule has 0 fully saturated rings. The quantitative estimate of drug-likeness (QED) is 0.608. The molecule has 9 nitrogen and oxygen atoms in total. The van der Waals surface area contributed by atoms with Gasteiger partial charge in [-0.15, -0.1) is 0 Å². The van der Waals surface area contributed by atoms with Gasteiger partial charge < -0.3 is 14.5 Å². The Morgan fingerprint density at radius 3 is 3.16 bits per heavy atom. The van der Waals surface area contributed by atoms with Gasteiger partial charge in [0.25, 0.3) is 0 Å². The number of hydrazine groups is 1. The van der Waals surface area contributed by atoms with E-state index in [4.69, 9.17) is 9.47 Å². The Morgan fingerprint density at radius 2 is 2.28 bits per heavy atom. The second-order valence-corrected chi connectivity index (χ2v) is 5.62. The predicted octanol–water partition coefficient (Wildman–Crippen LogP) is 1.06. The standard InChI is InChI=1S/C16H16N6O3/c1-24-11-3-2-9-4-10(6-25-12(9)5-11)16(23)22-21-15-13-14(18-7-17-13)19-8-20-15/h2-3,5,7-8,10H,4,6H2,1H3,(H,22,23)(H2,17,18,19,20,21)/t10-/m0/s1. The number of imidazole rings is 1. The van der Waals surface area contributed by atoms with E-state index in [1.807, 2.05) is 18.2 Å². The molecule has 0 unspecified atom stereocenters. The van der Waals surface area contributed by atoms with Gasteiger partial charge in [-0.05, 0) is 18.1 Å². The van der Waals surface area contributed by atoms with Gasteiger partial charge in [-0.2, -0.15) is 0 Å². The van der Waals surface area contributed by atoms with Crippen molar-refractivity contribution in [2.75, 3.05) is 19.1 Å². The van der Waals surface area contributed by atoms with Crippen molar-refractivity contribution in [3.05, 3.63) is 36.4 Å². The van der Waals surface area contributed by atoms with Gasteiger partial charge in [-0.3, -0.25) is 15.6 Å². The van der Waals surface area contributed by atoms with Crippen molar-refractivity contribution in [1.82, 2.24) is 25.4 Å². The van der Waals surface area contributed by atoms with Crippen molar-refractivity contribution in [3.8, 4) is 11.5 Å². The van der Waals surface area contributed by atoms with E-state index in [1.165, 1.54) is 12.7 Å². The summed E-state index contributed by atoms with van der Waals surface area (Å²) >= 11 is 0. The molecule has 9 heteroatoms. The van der Waals surface area contributed by atoms with E-state index in [-0.39, 0.29) is 11.8 Å². The van der Waals surface area contributed by atoms with Gasteiger partial charge in [0, 0.05) is 6.07 Å². The van der Waals surface area contributed by atoms with Crippen molar-refractivity contribution in [1.29, 1.82) is 0 Å². The first-order chi connectivity index (χ1) is 12.2. The summed E-state index contributed by atoms with van der Waals surface area (Å²) in [5, 5.41) is 0. The maximum atomic E-state index is 12.4. The fourth-order valence-corrected chi connectivity index (χ4v) is 2.73. The minimum absolute atomic E-state index is 0.173. The Bertz CT molecular complexity index is 925. The van der Waals surface area contributed by atoms with Crippen LogP contribution in [0.25, 0.3) is 11.2 Å². The maximum absolute atomic E-state index is 12.4. The topological polar surface area (TPSA) is 114 Å². The molecule has 25 heavy (non-hydrogen) atoms. The van der Waals surface area contributed by atoms with Crippen LogP contribution in [0.3, 0.4) is 0 Å². The van der Waals surface area contributed by atoms with Gasteiger partial charge in [0.15, 0.2) is 11.5 Å². The summed E-state index contributed by atoms with van der Waals surface area (Å²) in [6, 6.07) is 5.60. The Morgan fingerprint density at radius 1 is 1.36 bits per heavy atom. The molecule has 4 rings (SSSR count). The average molecular weight is 340 g/mol. The minimum Gasteiger partial charge on any atom is -0.497 e. The summed E-state index contributed by atoms with van der Waals surface area (Å²) in [7, 11) is 1.61. The number of anilines is 1. The summed E-state index contributed by atoms with van der Waals surface area (Å²) < 4.78 is 10.9. The van der Waals surface area contributed by atoms with Crippen molar-refractivity contribution < 1.29 is 14.3 Å². The number of aromatic amines is 1. The summed E-state index contributed by atoms with van der Waals surface area (Å²) in [4.78, 5) is 27.5. The highest BCUT2D eigenvalue weighted by atomic mass is 16.5. The molecule has 0 saturated carbocycles. The van der Waals surface area contributed by atoms with Gasteiger partial charge in [0.05, 0.1) is 19.4 Å². The molecule has 1 aromatic carbocycles. The van der Waals surface area contributed by atoms with Gasteiger partial charge in [-0.1, -0.05) is 6.07 Å². The number of nitrogens with zero attached hydrogens (tertiary/aromatic N) is 3. The van der Waals surface area contributed by atoms with Gasteiger partial charge >= 0.3 is 0 Å². The molecule has 1 atom stereocenters. The van der Waals surface area contributed by atoms with Crippen molar-refractivity contribution in [2.24, 2.45) is 5.92 Å². The van der Waals surface area contributed by atoms with Crippen molar-refractivity contribution in [2.45, 2.75) is 6.42 Å². The lowest BCUT2D eigenvalue weighted by molar-refractivity contribution is -0.125. The van der Waals surface area contributed by atoms with Crippen LogP contribution in [0.2, 0.25) is 0 Å². The van der Waals surface area contributed by atoms with Crippen LogP contribution in [-0.2, 0) is 11.2 Å². The van der Waals surface area contributed by atoms with Gasteiger partial charge in [0.1, 0.15) is 29.9 Å². The number of hydrogen-bond acceptors (Lipinski definition) is 7. The first-order valence-corrected chi connectivity index (χ1v) is 7.74. The lowest BCUT2D eigenvalue weighted by Crippen LogP contribution is -2.40. The van der Waals surface area contributed by atoms with Crippen LogP contribution in [0, 0.1) is 5.92 Å². The maximum Gasteiger partial charge on any atom is 0.245 e. The molecule has 3 heterocycles. The molecular weight excluding hydrogens is 324 g/mol. The number of fused-ring (bicyclic) bond motifs is 2. The van der Waals surface area contributed by atoms with Crippen LogP contribution in [0.1, 0.15) is 5.56 Å². The predicted molar refractivity (Wildman–Crippen MR) is 89.1 cm³/mol. The molecule has 1 aliphatic rings. The number of ether oxygens (including phenoxy) is 2. The minimum atomic E-state index is -0.299. The van der Waals surface area contributed by atoms with Crippen LogP contribution >= 0.6 is 0 Å². The lowest BCUT2D eigenvalue weighted by atomic mass is 9.96. The van der Waals surface area contributed by atoms with E-state index in [0.717, 1.165) is 17.1 Å². The molecule has 0 bridgehead atoms. The SMILES string of the molecule is COc1ccc2c(c1)OC[C@@H](C(=O)NNc1ncnc3nc[nH]c13)C2. The van der Waals surface area contributed by atoms with Gasteiger partial charge in [-0.25, -0.2) is 15.0 Å². The Hall–Kier alpha value is -3.36. The number of benzene rings is 1. The zero-order chi connectivity index (χ0) is 17.2. The zero-order valence-corrected chi connectivity index (χ0v) is 13.4. The second-order valence-electron chi connectivity index (χ2n) is 5.62. The monoisotopic (exact) mass is 340 g/mol.